The number of allylic oxidation sites excluding steroid dienone is 1. The number of amides is 1. The third-order valence-electron chi connectivity index (χ3n) is 4.53. The van der Waals surface area contributed by atoms with Crippen LogP contribution >= 0.6 is 11.6 Å². The molecule has 0 saturated carbocycles. The van der Waals surface area contributed by atoms with Crippen LogP contribution in [0.5, 0.6) is 0 Å². The van der Waals surface area contributed by atoms with Gasteiger partial charge in [0.25, 0.3) is 0 Å². The molecule has 4 atom stereocenters. The number of hydrogen-bond acceptors (Lipinski definition) is 7. The Bertz CT molecular complexity index is 748. The number of nitrogens with zero attached hydrogens (tertiary/aromatic N) is 3. The third-order valence-corrected chi connectivity index (χ3v) is 4.85. The lowest BCUT2D eigenvalue weighted by Crippen LogP contribution is -2.48. The summed E-state index contributed by atoms with van der Waals surface area (Å²) in [5, 5.41) is 31.0. The number of aliphatic hydroxyl groups excluding tert-OH is 3. The van der Waals surface area contributed by atoms with Crippen LogP contribution in [0.15, 0.2) is 12.4 Å². The topological polar surface area (TPSA) is 116 Å². The number of carbonyl (C=O) groups excluding carboxylic acids is 1. The molecular weight excluding hydrogens is 362 g/mol. The van der Waals surface area contributed by atoms with E-state index >= 15 is 0 Å². The highest BCUT2D eigenvalue weighted by Gasteiger charge is 2.53. The number of aliphatic hydroxyl groups is 3. The Balaban J connectivity index is 2.01. The molecule has 1 aromatic heterocycles. The van der Waals surface area contributed by atoms with Crippen LogP contribution in [0.1, 0.15) is 32.0 Å². The van der Waals surface area contributed by atoms with Crippen LogP contribution in [0.25, 0.3) is 5.57 Å². The van der Waals surface area contributed by atoms with Crippen molar-refractivity contribution < 1.29 is 24.9 Å². The summed E-state index contributed by atoms with van der Waals surface area (Å²) in [6, 6.07) is -1.91. The average molecular weight is 384 g/mol. The fraction of sp³-hybridized carbons (Fsp3) is 0.588. The van der Waals surface area contributed by atoms with Crippen molar-refractivity contribution in [3.63, 3.8) is 0 Å². The first-order valence-electron chi connectivity index (χ1n) is 8.33. The van der Waals surface area contributed by atoms with Crippen LogP contribution in [0, 0.1) is 0 Å². The molecule has 0 unspecified atom stereocenters. The monoisotopic (exact) mass is 383 g/mol. The van der Waals surface area contributed by atoms with Crippen LogP contribution in [-0.2, 0) is 11.2 Å². The van der Waals surface area contributed by atoms with Crippen LogP contribution in [0.3, 0.4) is 0 Å². The van der Waals surface area contributed by atoms with E-state index in [4.69, 9.17) is 16.3 Å². The standard InChI is InChI=1S/C17H22ClN3O5/c1-17(2,3)26-16(25)21-10(6-22)13(23)14(24)12(21)8-4-5-9-11(8)19-7-20-15(9)18/h4,7,10,12-14,22-24H,5-6H2,1-3H3/t10-,12+,13-,14+/m1/s1. The molecule has 1 amide bonds. The fourth-order valence-corrected chi connectivity index (χ4v) is 3.64. The molecule has 0 radical (unpaired) electrons. The highest BCUT2D eigenvalue weighted by molar-refractivity contribution is 6.30. The van der Waals surface area contributed by atoms with Gasteiger partial charge in [-0.3, -0.25) is 4.90 Å². The summed E-state index contributed by atoms with van der Waals surface area (Å²) in [5.74, 6) is 0. The van der Waals surface area contributed by atoms with Crippen molar-refractivity contribution in [2.75, 3.05) is 6.61 Å². The molecule has 9 heteroatoms. The van der Waals surface area contributed by atoms with E-state index in [0.29, 0.717) is 28.4 Å². The maximum atomic E-state index is 12.8. The van der Waals surface area contributed by atoms with E-state index in [1.165, 1.54) is 11.2 Å². The van der Waals surface area contributed by atoms with Crippen molar-refractivity contribution in [1.29, 1.82) is 0 Å². The number of ether oxygens (including phenoxy) is 1. The van der Waals surface area contributed by atoms with Gasteiger partial charge in [-0.15, -0.1) is 0 Å². The van der Waals surface area contributed by atoms with Gasteiger partial charge in [0.05, 0.1) is 24.4 Å². The summed E-state index contributed by atoms with van der Waals surface area (Å²) in [7, 11) is 0. The fourth-order valence-electron chi connectivity index (χ4n) is 3.43. The summed E-state index contributed by atoms with van der Waals surface area (Å²) in [5.41, 5.74) is 1.00. The molecule has 8 nitrogen and oxygen atoms in total. The Labute approximate surface area is 156 Å². The van der Waals surface area contributed by atoms with Crippen LogP contribution in [0.4, 0.5) is 4.79 Å². The largest absolute Gasteiger partial charge is 0.444 e. The van der Waals surface area contributed by atoms with Crippen molar-refractivity contribution in [2.24, 2.45) is 0 Å². The Morgan fingerprint density at radius 1 is 1.35 bits per heavy atom. The van der Waals surface area contributed by atoms with Crippen molar-refractivity contribution in [2.45, 2.75) is 57.1 Å². The maximum absolute atomic E-state index is 12.8. The molecule has 1 aliphatic carbocycles. The van der Waals surface area contributed by atoms with Gasteiger partial charge in [-0.2, -0.15) is 0 Å². The number of hydrogen-bond donors (Lipinski definition) is 3. The molecule has 2 aliphatic rings. The number of rotatable bonds is 2. The van der Waals surface area contributed by atoms with Crippen molar-refractivity contribution >= 4 is 23.3 Å². The molecule has 0 spiro atoms. The first kappa shape index (κ1) is 19.0. The second kappa shape index (κ2) is 6.77. The molecule has 1 aliphatic heterocycles. The lowest BCUT2D eigenvalue weighted by Gasteiger charge is -2.32. The van der Waals surface area contributed by atoms with Crippen molar-refractivity contribution in [3.8, 4) is 0 Å². The summed E-state index contributed by atoms with van der Waals surface area (Å²) in [6.45, 7) is 4.63. The number of likely N-dealkylation sites (tertiary alicyclic amines) is 1. The lowest BCUT2D eigenvalue weighted by molar-refractivity contribution is 0.000977. The predicted molar refractivity (Wildman–Crippen MR) is 93.5 cm³/mol. The van der Waals surface area contributed by atoms with Gasteiger partial charge >= 0.3 is 6.09 Å². The average Bonchev–Trinajstić information content (AvgIpc) is 3.07. The predicted octanol–water partition coefficient (Wildman–Crippen LogP) is 0.772. The second-order valence-corrected chi connectivity index (χ2v) is 7.78. The van der Waals surface area contributed by atoms with Crippen molar-refractivity contribution in [1.82, 2.24) is 14.9 Å². The minimum atomic E-state index is -1.32. The SMILES string of the molecule is CC(C)(C)OC(=O)N1[C@H](CO)[C@@H](O)[C@@H](O)[C@@H]1C1=CCc2c(Cl)ncnc21. The molecule has 1 saturated heterocycles. The Morgan fingerprint density at radius 2 is 2.04 bits per heavy atom. The molecule has 0 aromatic carbocycles. The summed E-state index contributed by atoms with van der Waals surface area (Å²) in [4.78, 5) is 22.1. The first-order valence-corrected chi connectivity index (χ1v) is 8.71. The van der Waals surface area contributed by atoms with Crippen molar-refractivity contribution in [3.05, 3.63) is 28.8 Å². The van der Waals surface area contributed by atoms with E-state index in [9.17, 15) is 20.1 Å². The van der Waals surface area contributed by atoms with E-state index in [1.807, 2.05) is 0 Å². The van der Waals surface area contributed by atoms with Gasteiger partial charge in [0.1, 0.15) is 29.3 Å². The Hall–Kier alpha value is -1.74. The summed E-state index contributed by atoms with van der Waals surface area (Å²) >= 11 is 6.11. The molecule has 26 heavy (non-hydrogen) atoms. The third kappa shape index (κ3) is 3.18. The molecule has 1 aromatic rings. The van der Waals surface area contributed by atoms with Gasteiger partial charge in [-0.25, -0.2) is 14.8 Å². The molecular formula is C17H22ClN3O5. The van der Waals surface area contributed by atoms with Crippen LogP contribution in [0.2, 0.25) is 5.15 Å². The van der Waals surface area contributed by atoms with Gasteiger partial charge in [-0.1, -0.05) is 17.7 Å². The highest BCUT2D eigenvalue weighted by atomic mass is 35.5. The molecule has 3 N–H and O–H groups in total. The minimum absolute atomic E-state index is 0.303. The van der Waals surface area contributed by atoms with E-state index in [2.05, 4.69) is 9.97 Å². The first-order chi connectivity index (χ1) is 12.2. The highest BCUT2D eigenvalue weighted by Crippen LogP contribution is 2.40. The number of fused-ring (bicyclic) bond motifs is 1. The zero-order valence-corrected chi connectivity index (χ0v) is 15.5. The molecule has 0 bridgehead atoms. The van der Waals surface area contributed by atoms with E-state index in [0.717, 1.165) is 0 Å². The smallest absolute Gasteiger partial charge is 0.411 e. The van der Waals surface area contributed by atoms with Crippen LogP contribution in [-0.4, -0.2) is 72.8 Å². The van der Waals surface area contributed by atoms with Gasteiger partial charge < -0.3 is 20.1 Å². The van der Waals surface area contributed by atoms with Gasteiger partial charge in [-0.05, 0) is 32.8 Å². The van der Waals surface area contributed by atoms with Gasteiger partial charge in [0.2, 0.25) is 0 Å². The lowest BCUT2D eigenvalue weighted by atomic mass is 9.99. The van der Waals surface area contributed by atoms with Gasteiger partial charge in [0.15, 0.2) is 0 Å². The quantitative estimate of drug-likeness (QED) is 0.646. The zero-order valence-electron chi connectivity index (χ0n) is 14.8. The number of carbonyl (C=O) groups is 1. The van der Waals surface area contributed by atoms with E-state index in [-0.39, 0.29) is 0 Å². The zero-order chi connectivity index (χ0) is 19.2. The van der Waals surface area contributed by atoms with E-state index < -0.39 is 42.6 Å². The van der Waals surface area contributed by atoms with Crippen LogP contribution < -0.4 is 0 Å². The summed E-state index contributed by atoms with van der Waals surface area (Å²) in [6.07, 6.45) is 0.204. The minimum Gasteiger partial charge on any atom is -0.444 e. The van der Waals surface area contributed by atoms with Gasteiger partial charge in [0, 0.05) is 5.56 Å². The molecule has 3 rings (SSSR count). The summed E-state index contributed by atoms with van der Waals surface area (Å²) < 4.78 is 5.42. The Kier molecular flexibility index (Phi) is 4.96. The van der Waals surface area contributed by atoms with E-state index in [1.54, 1.807) is 26.8 Å². The molecule has 142 valence electrons. The second-order valence-electron chi connectivity index (χ2n) is 7.42. The molecule has 2 heterocycles. The normalized spacial score (nSPS) is 28.1. The molecule has 1 fully saturated rings. The maximum Gasteiger partial charge on any atom is 0.411 e. The number of halogens is 1. The number of aromatic nitrogens is 2. The Morgan fingerprint density at radius 3 is 2.65 bits per heavy atom.